The zero-order valence-electron chi connectivity index (χ0n) is 14.3. The fourth-order valence-electron chi connectivity index (χ4n) is 2.72. The van der Waals surface area contributed by atoms with E-state index in [1.807, 2.05) is 42.5 Å². The second kappa shape index (κ2) is 7.94. The van der Waals surface area contributed by atoms with Gasteiger partial charge in [0.2, 0.25) is 5.16 Å². The molecular weight excluding hydrogens is 382 g/mol. The van der Waals surface area contributed by atoms with Crippen molar-refractivity contribution in [3.05, 3.63) is 65.2 Å². The van der Waals surface area contributed by atoms with Gasteiger partial charge in [-0.05, 0) is 29.8 Å². The van der Waals surface area contributed by atoms with Crippen molar-refractivity contribution >= 4 is 35.0 Å². The Morgan fingerprint density at radius 3 is 2.67 bits per heavy atom. The molecule has 6 nitrogen and oxygen atoms in total. The van der Waals surface area contributed by atoms with E-state index in [0.29, 0.717) is 22.5 Å². The van der Waals surface area contributed by atoms with Gasteiger partial charge in [0.1, 0.15) is 0 Å². The molecule has 136 valence electrons. The molecule has 2 aromatic carbocycles. The summed E-state index contributed by atoms with van der Waals surface area (Å²) >= 11 is 7.19. The minimum Gasteiger partial charge on any atom is -0.272 e. The summed E-state index contributed by atoms with van der Waals surface area (Å²) in [5, 5.41) is 14.2. The molecule has 8 heteroatoms. The predicted octanol–water partition coefficient (Wildman–Crippen LogP) is 3.85. The average Bonchev–Trinajstić information content (AvgIpc) is 3.37. The van der Waals surface area contributed by atoms with Crippen LogP contribution in [0.5, 0.6) is 0 Å². The number of nitrogens with one attached hydrogen (secondary N) is 1. The highest BCUT2D eigenvalue weighted by molar-refractivity contribution is 7.99. The molecule has 0 spiro atoms. The van der Waals surface area contributed by atoms with Crippen molar-refractivity contribution in [2.45, 2.75) is 11.6 Å². The Hall–Kier alpha value is -2.64. The summed E-state index contributed by atoms with van der Waals surface area (Å²) in [6.45, 7) is 0.605. The second-order valence-corrected chi connectivity index (χ2v) is 7.32. The highest BCUT2D eigenvalue weighted by atomic mass is 35.5. The second-order valence-electron chi connectivity index (χ2n) is 5.94. The lowest BCUT2D eigenvalue weighted by Crippen LogP contribution is -2.25. The molecule has 0 bridgehead atoms. The van der Waals surface area contributed by atoms with Crippen LogP contribution in [0.3, 0.4) is 0 Å². The molecule has 1 amide bonds. The molecule has 0 unspecified atom stereocenters. The van der Waals surface area contributed by atoms with E-state index < -0.39 is 0 Å². The Kier molecular flexibility index (Phi) is 5.22. The van der Waals surface area contributed by atoms with E-state index >= 15 is 0 Å². The van der Waals surface area contributed by atoms with E-state index in [1.165, 1.54) is 16.8 Å². The molecule has 1 aromatic heterocycles. The Labute approximate surface area is 165 Å². The van der Waals surface area contributed by atoms with Crippen molar-refractivity contribution in [2.24, 2.45) is 5.10 Å². The first-order chi connectivity index (χ1) is 13.2. The molecule has 0 aliphatic carbocycles. The van der Waals surface area contributed by atoms with Gasteiger partial charge in [0, 0.05) is 17.0 Å². The lowest BCUT2D eigenvalue weighted by molar-refractivity contribution is -0.127. The molecule has 0 radical (unpaired) electrons. The number of halogens is 1. The SMILES string of the molecule is O=C(CSc1n[nH]c(-c2ccc(Cl)cc2)n1)N1CCC(c2ccccc2)=N1. The summed E-state index contributed by atoms with van der Waals surface area (Å²) in [5.41, 5.74) is 2.89. The van der Waals surface area contributed by atoms with Crippen LogP contribution in [-0.2, 0) is 4.79 Å². The van der Waals surface area contributed by atoms with Crippen molar-refractivity contribution in [1.29, 1.82) is 0 Å². The number of carbonyl (C=O) groups is 1. The van der Waals surface area contributed by atoms with Gasteiger partial charge >= 0.3 is 0 Å². The number of benzene rings is 2. The molecule has 4 rings (SSSR count). The first-order valence-electron chi connectivity index (χ1n) is 8.43. The maximum Gasteiger partial charge on any atom is 0.253 e. The molecule has 0 fully saturated rings. The minimum atomic E-state index is -0.0521. The Balaban J connectivity index is 1.36. The number of aromatic amines is 1. The van der Waals surface area contributed by atoms with Crippen LogP contribution >= 0.6 is 23.4 Å². The Bertz CT molecular complexity index is 971. The van der Waals surface area contributed by atoms with Gasteiger partial charge in [-0.1, -0.05) is 53.7 Å². The monoisotopic (exact) mass is 397 g/mol. The van der Waals surface area contributed by atoms with E-state index in [4.69, 9.17) is 11.6 Å². The summed E-state index contributed by atoms with van der Waals surface area (Å²) in [4.78, 5) is 16.8. The van der Waals surface area contributed by atoms with Crippen LogP contribution in [0.15, 0.2) is 64.9 Å². The summed E-state index contributed by atoms with van der Waals surface area (Å²) in [6.07, 6.45) is 0.766. The fourth-order valence-corrected chi connectivity index (χ4v) is 3.51. The molecule has 0 saturated heterocycles. The number of amides is 1. The van der Waals surface area contributed by atoms with Gasteiger partial charge in [0.05, 0.1) is 18.0 Å². The Morgan fingerprint density at radius 2 is 1.89 bits per heavy atom. The van der Waals surface area contributed by atoms with Gasteiger partial charge in [0.15, 0.2) is 5.82 Å². The van der Waals surface area contributed by atoms with Crippen molar-refractivity contribution in [3.8, 4) is 11.4 Å². The maximum atomic E-state index is 12.4. The van der Waals surface area contributed by atoms with Crippen LogP contribution in [0.2, 0.25) is 5.02 Å². The molecular formula is C19H16ClN5OS. The number of aromatic nitrogens is 3. The van der Waals surface area contributed by atoms with Gasteiger partial charge in [-0.2, -0.15) is 5.10 Å². The fraction of sp³-hybridized carbons (Fsp3) is 0.158. The molecule has 1 aliphatic heterocycles. The van der Waals surface area contributed by atoms with E-state index in [-0.39, 0.29) is 11.7 Å². The molecule has 3 aromatic rings. The van der Waals surface area contributed by atoms with Crippen LogP contribution in [0.1, 0.15) is 12.0 Å². The average molecular weight is 398 g/mol. The van der Waals surface area contributed by atoms with Crippen molar-refractivity contribution in [2.75, 3.05) is 12.3 Å². The highest BCUT2D eigenvalue weighted by Gasteiger charge is 2.22. The molecule has 1 aliphatic rings. The lowest BCUT2D eigenvalue weighted by Gasteiger charge is -2.09. The van der Waals surface area contributed by atoms with Crippen molar-refractivity contribution < 1.29 is 4.79 Å². The number of carbonyl (C=O) groups excluding carboxylic acids is 1. The van der Waals surface area contributed by atoms with Crippen molar-refractivity contribution in [1.82, 2.24) is 20.2 Å². The third-order valence-electron chi connectivity index (χ3n) is 4.10. The maximum absolute atomic E-state index is 12.4. The molecule has 2 heterocycles. The van der Waals surface area contributed by atoms with E-state index in [1.54, 1.807) is 12.1 Å². The van der Waals surface area contributed by atoms with Gasteiger partial charge in [-0.3, -0.25) is 9.89 Å². The quantitative estimate of drug-likeness (QED) is 0.663. The zero-order valence-corrected chi connectivity index (χ0v) is 15.9. The molecule has 0 atom stereocenters. The van der Waals surface area contributed by atoms with Crippen LogP contribution in [0.25, 0.3) is 11.4 Å². The number of thioether (sulfide) groups is 1. The molecule has 27 heavy (non-hydrogen) atoms. The predicted molar refractivity (Wildman–Crippen MR) is 107 cm³/mol. The first kappa shape index (κ1) is 17.8. The molecule has 1 N–H and O–H groups in total. The summed E-state index contributed by atoms with van der Waals surface area (Å²) < 4.78 is 0. The highest BCUT2D eigenvalue weighted by Crippen LogP contribution is 2.22. The zero-order chi connectivity index (χ0) is 18.6. The van der Waals surface area contributed by atoms with Gasteiger partial charge in [-0.15, -0.1) is 5.10 Å². The largest absolute Gasteiger partial charge is 0.272 e. The smallest absolute Gasteiger partial charge is 0.253 e. The van der Waals surface area contributed by atoms with Crippen LogP contribution in [-0.4, -0.2) is 44.1 Å². The third-order valence-corrected chi connectivity index (χ3v) is 5.19. The summed E-state index contributed by atoms with van der Waals surface area (Å²) in [7, 11) is 0. The summed E-state index contributed by atoms with van der Waals surface area (Å²) in [6, 6.07) is 17.3. The van der Waals surface area contributed by atoms with Gasteiger partial charge in [-0.25, -0.2) is 9.99 Å². The number of hydrazone groups is 1. The minimum absolute atomic E-state index is 0.0521. The van der Waals surface area contributed by atoms with Gasteiger partial charge in [0.25, 0.3) is 5.91 Å². The lowest BCUT2D eigenvalue weighted by atomic mass is 10.1. The summed E-state index contributed by atoms with van der Waals surface area (Å²) in [5.74, 6) is 0.833. The van der Waals surface area contributed by atoms with E-state index in [9.17, 15) is 4.79 Å². The van der Waals surface area contributed by atoms with Crippen LogP contribution in [0, 0.1) is 0 Å². The first-order valence-corrected chi connectivity index (χ1v) is 9.80. The topological polar surface area (TPSA) is 74.2 Å². The number of H-pyrrole nitrogens is 1. The number of hydrogen-bond acceptors (Lipinski definition) is 5. The number of hydrogen-bond donors (Lipinski definition) is 1. The number of nitrogens with zero attached hydrogens (tertiary/aromatic N) is 4. The Morgan fingerprint density at radius 1 is 1.11 bits per heavy atom. The van der Waals surface area contributed by atoms with Gasteiger partial charge < -0.3 is 0 Å². The normalized spacial score (nSPS) is 13.7. The van der Waals surface area contributed by atoms with E-state index in [0.717, 1.165) is 23.3 Å². The van der Waals surface area contributed by atoms with Crippen molar-refractivity contribution in [3.63, 3.8) is 0 Å². The van der Waals surface area contributed by atoms with Crippen LogP contribution < -0.4 is 0 Å². The molecule has 0 saturated carbocycles. The third kappa shape index (κ3) is 4.20. The van der Waals surface area contributed by atoms with Crippen LogP contribution in [0.4, 0.5) is 0 Å². The standard InChI is InChI=1S/C19H16ClN5OS/c20-15-8-6-14(7-9-15)18-21-19(23-22-18)27-12-17(26)25-11-10-16(24-25)13-4-2-1-3-5-13/h1-9H,10-12H2,(H,21,22,23). The number of rotatable bonds is 5. The van der Waals surface area contributed by atoms with E-state index in [2.05, 4.69) is 20.3 Å².